The molecule has 4 nitrogen and oxygen atoms in total. The average Bonchev–Trinajstić information content (AvgIpc) is 3.26. The van der Waals surface area contributed by atoms with Crippen molar-refractivity contribution in [3.63, 3.8) is 0 Å². The minimum atomic E-state index is -0.184. The number of ether oxygens (including phenoxy) is 1. The minimum Gasteiger partial charge on any atom is -0.466 e. The molecular formula is C33H35NO3. The van der Waals surface area contributed by atoms with E-state index in [9.17, 15) is 9.59 Å². The predicted molar refractivity (Wildman–Crippen MR) is 151 cm³/mol. The average molecular weight is 494 g/mol. The zero-order valence-electron chi connectivity index (χ0n) is 21.9. The van der Waals surface area contributed by atoms with Crippen molar-refractivity contribution in [1.29, 1.82) is 0 Å². The first-order valence-electron chi connectivity index (χ1n) is 13.1. The van der Waals surface area contributed by atoms with Crippen LogP contribution in [0.5, 0.6) is 0 Å². The van der Waals surface area contributed by atoms with Crippen molar-refractivity contribution in [2.75, 3.05) is 6.61 Å². The number of benzene rings is 2. The summed E-state index contributed by atoms with van der Waals surface area (Å²) in [6, 6.07) is 24.2. The lowest BCUT2D eigenvalue weighted by Crippen LogP contribution is -2.04. The lowest BCUT2D eigenvalue weighted by atomic mass is 10.00. The van der Waals surface area contributed by atoms with Gasteiger partial charge in [-0.15, -0.1) is 0 Å². The fourth-order valence-corrected chi connectivity index (χ4v) is 4.61. The van der Waals surface area contributed by atoms with E-state index in [-0.39, 0.29) is 11.8 Å². The molecule has 2 heterocycles. The molecule has 0 aliphatic heterocycles. The van der Waals surface area contributed by atoms with Gasteiger partial charge >= 0.3 is 5.97 Å². The summed E-state index contributed by atoms with van der Waals surface area (Å²) in [6.07, 6.45) is 8.91. The van der Waals surface area contributed by atoms with Gasteiger partial charge in [-0.2, -0.15) is 0 Å². The number of nitrogens with zero attached hydrogens (tertiary/aromatic N) is 1. The topological polar surface area (TPSA) is 47.8 Å². The van der Waals surface area contributed by atoms with Crippen LogP contribution in [0.3, 0.4) is 0 Å². The first-order chi connectivity index (χ1) is 17.9. The Morgan fingerprint density at radius 1 is 0.919 bits per heavy atom. The summed E-state index contributed by atoms with van der Waals surface area (Å²) in [6.45, 7) is 6.66. The third-order valence-electron chi connectivity index (χ3n) is 6.36. The number of pyridine rings is 1. The van der Waals surface area contributed by atoms with Gasteiger partial charge < -0.3 is 9.14 Å². The first kappa shape index (κ1) is 26.2. The Morgan fingerprint density at radius 2 is 1.70 bits per heavy atom. The van der Waals surface area contributed by atoms with Crippen molar-refractivity contribution < 1.29 is 14.3 Å². The maximum atomic E-state index is 13.6. The number of fused-ring (bicyclic) bond motifs is 1. The summed E-state index contributed by atoms with van der Waals surface area (Å²) in [5.41, 5.74) is 6.68. The SMILES string of the molecule is CCOC(=O)CCCc1cc(C(=O)c2cccc(/C=C\c3ccc(CC(C)C)cc3)c2)c2ccccn12. The summed E-state index contributed by atoms with van der Waals surface area (Å²) >= 11 is 0. The summed E-state index contributed by atoms with van der Waals surface area (Å²) < 4.78 is 7.09. The van der Waals surface area contributed by atoms with Crippen molar-refractivity contribution in [2.45, 2.75) is 46.5 Å². The molecule has 37 heavy (non-hydrogen) atoms. The van der Waals surface area contributed by atoms with Crippen LogP contribution in [-0.2, 0) is 22.4 Å². The Balaban J connectivity index is 1.52. The van der Waals surface area contributed by atoms with E-state index in [1.807, 2.05) is 72.1 Å². The van der Waals surface area contributed by atoms with Crippen LogP contribution >= 0.6 is 0 Å². The molecule has 0 spiro atoms. The molecule has 4 rings (SSSR count). The van der Waals surface area contributed by atoms with Gasteiger partial charge in [0.2, 0.25) is 0 Å². The van der Waals surface area contributed by atoms with Crippen molar-refractivity contribution >= 4 is 29.4 Å². The van der Waals surface area contributed by atoms with Gasteiger partial charge in [-0.05, 0) is 73.1 Å². The number of aromatic nitrogens is 1. The predicted octanol–water partition coefficient (Wildman–Crippen LogP) is 7.43. The summed E-state index contributed by atoms with van der Waals surface area (Å²) in [7, 11) is 0. The molecule has 4 heteroatoms. The van der Waals surface area contributed by atoms with Gasteiger partial charge in [-0.3, -0.25) is 9.59 Å². The van der Waals surface area contributed by atoms with E-state index < -0.39 is 0 Å². The molecule has 0 saturated carbocycles. The lowest BCUT2D eigenvalue weighted by molar-refractivity contribution is -0.143. The molecule has 0 N–H and O–H groups in total. The molecule has 0 amide bonds. The van der Waals surface area contributed by atoms with E-state index in [2.05, 4.69) is 44.2 Å². The van der Waals surface area contributed by atoms with Crippen LogP contribution in [0, 0.1) is 5.92 Å². The van der Waals surface area contributed by atoms with Crippen molar-refractivity contribution in [2.24, 2.45) is 5.92 Å². The molecule has 0 bridgehead atoms. The Bertz CT molecular complexity index is 1390. The highest BCUT2D eigenvalue weighted by Crippen LogP contribution is 2.23. The van der Waals surface area contributed by atoms with Crippen LogP contribution in [-0.4, -0.2) is 22.8 Å². The quantitative estimate of drug-likeness (QED) is 0.124. The molecule has 190 valence electrons. The molecule has 0 atom stereocenters. The molecule has 2 aromatic heterocycles. The van der Waals surface area contributed by atoms with E-state index in [0.29, 0.717) is 42.9 Å². The van der Waals surface area contributed by atoms with Crippen molar-refractivity contribution in [3.8, 4) is 0 Å². The zero-order valence-corrected chi connectivity index (χ0v) is 21.9. The highest BCUT2D eigenvalue weighted by molar-refractivity contribution is 6.13. The summed E-state index contributed by atoms with van der Waals surface area (Å²) in [4.78, 5) is 25.3. The number of aryl methyl sites for hydroxylation is 1. The fourth-order valence-electron chi connectivity index (χ4n) is 4.61. The molecule has 0 radical (unpaired) electrons. The van der Waals surface area contributed by atoms with Gasteiger partial charge in [-0.25, -0.2) is 0 Å². The highest BCUT2D eigenvalue weighted by atomic mass is 16.5. The normalized spacial score (nSPS) is 11.5. The zero-order chi connectivity index (χ0) is 26.2. The van der Waals surface area contributed by atoms with Gasteiger partial charge in [0.1, 0.15) is 0 Å². The number of carbonyl (C=O) groups is 2. The summed E-state index contributed by atoms with van der Waals surface area (Å²) in [5.74, 6) is 0.449. The third-order valence-corrected chi connectivity index (χ3v) is 6.36. The third kappa shape index (κ3) is 6.85. The van der Waals surface area contributed by atoms with Crippen LogP contribution in [0.1, 0.15) is 71.9 Å². The Kier molecular flexibility index (Phi) is 8.73. The van der Waals surface area contributed by atoms with Crippen LogP contribution in [0.2, 0.25) is 0 Å². The Hall–Kier alpha value is -3.92. The summed E-state index contributed by atoms with van der Waals surface area (Å²) in [5, 5.41) is 0. The van der Waals surface area contributed by atoms with Crippen LogP contribution in [0.25, 0.3) is 17.7 Å². The van der Waals surface area contributed by atoms with Crippen LogP contribution < -0.4 is 0 Å². The van der Waals surface area contributed by atoms with Crippen LogP contribution in [0.4, 0.5) is 0 Å². The molecule has 0 fully saturated rings. The number of hydrogen-bond acceptors (Lipinski definition) is 3. The number of ketones is 1. The molecule has 0 unspecified atom stereocenters. The largest absolute Gasteiger partial charge is 0.466 e. The van der Waals surface area contributed by atoms with E-state index in [4.69, 9.17) is 4.74 Å². The molecule has 0 aliphatic carbocycles. The second kappa shape index (κ2) is 12.4. The molecule has 2 aromatic carbocycles. The van der Waals surface area contributed by atoms with Crippen molar-refractivity contribution in [3.05, 3.63) is 113 Å². The lowest BCUT2D eigenvalue weighted by Gasteiger charge is -2.05. The van der Waals surface area contributed by atoms with E-state index in [1.165, 1.54) is 5.56 Å². The van der Waals surface area contributed by atoms with Gasteiger partial charge in [0.15, 0.2) is 5.78 Å². The fraction of sp³-hybridized carbons (Fsp3) is 0.273. The second-order valence-electron chi connectivity index (χ2n) is 9.79. The standard InChI is InChI=1S/C33H35NO3/c1-4-37-32(35)13-8-11-29-23-30(31-12-5-6-20-34(29)31)33(36)28-10-7-9-26(22-28)17-14-25-15-18-27(19-16-25)21-24(2)3/h5-7,9-10,12,14-20,22-24H,4,8,11,13,21H2,1-3H3/b17-14-. The second-order valence-corrected chi connectivity index (χ2v) is 9.79. The van der Waals surface area contributed by atoms with Gasteiger partial charge in [0, 0.05) is 29.4 Å². The maximum absolute atomic E-state index is 13.6. The van der Waals surface area contributed by atoms with E-state index in [1.54, 1.807) is 0 Å². The number of rotatable bonds is 11. The maximum Gasteiger partial charge on any atom is 0.305 e. The van der Waals surface area contributed by atoms with Gasteiger partial charge in [0.05, 0.1) is 12.1 Å². The van der Waals surface area contributed by atoms with E-state index >= 15 is 0 Å². The first-order valence-corrected chi connectivity index (χ1v) is 13.1. The highest BCUT2D eigenvalue weighted by Gasteiger charge is 2.17. The van der Waals surface area contributed by atoms with Gasteiger partial charge in [-0.1, -0.05) is 74.5 Å². The van der Waals surface area contributed by atoms with E-state index in [0.717, 1.165) is 28.8 Å². The van der Waals surface area contributed by atoms with Gasteiger partial charge in [0.25, 0.3) is 0 Å². The molecule has 0 aliphatic rings. The Morgan fingerprint density at radius 3 is 2.46 bits per heavy atom. The molecule has 0 saturated heterocycles. The number of hydrogen-bond donors (Lipinski definition) is 0. The molecule has 4 aromatic rings. The van der Waals surface area contributed by atoms with Crippen LogP contribution in [0.15, 0.2) is 79.0 Å². The van der Waals surface area contributed by atoms with Crippen molar-refractivity contribution in [1.82, 2.24) is 4.40 Å². The minimum absolute atomic E-state index is 0.00590. The Labute approximate surface area is 219 Å². The number of carbonyl (C=O) groups excluding carboxylic acids is 2. The monoisotopic (exact) mass is 493 g/mol. The number of esters is 1. The molecular weight excluding hydrogens is 458 g/mol. The smallest absolute Gasteiger partial charge is 0.305 e.